The van der Waals surface area contributed by atoms with Crippen LogP contribution in [-0.2, 0) is 20.7 Å². The molecule has 0 saturated heterocycles. The van der Waals surface area contributed by atoms with Gasteiger partial charge in [0.15, 0.2) is 6.29 Å². The molecular formula is C14H20O3. The molecule has 1 aromatic rings. The van der Waals surface area contributed by atoms with Gasteiger partial charge >= 0.3 is 0 Å². The predicted molar refractivity (Wildman–Crippen MR) is 66.8 cm³/mol. The minimum absolute atomic E-state index is 0.170. The third kappa shape index (κ3) is 4.67. The van der Waals surface area contributed by atoms with E-state index in [-0.39, 0.29) is 12.1 Å². The smallest absolute Gasteiger partial charge is 0.183 e. The minimum atomic E-state index is -0.309. The molecule has 0 fully saturated rings. The van der Waals surface area contributed by atoms with Crippen LogP contribution < -0.4 is 0 Å². The van der Waals surface area contributed by atoms with Crippen LogP contribution in [0.3, 0.4) is 0 Å². The Labute approximate surface area is 103 Å². The molecule has 0 atom stereocenters. The Morgan fingerprint density at radius 3 is 2.06 bits per heavy atom. The number of rotatable bonds is 7. The van der Waals surface area contributed by atoms with E-state index in [1.165, 1.54) is 0 Å². The maximum atomic E-state index is 11.0. The van der Waals surface area contributed by atoms with Gasteiger partial charge in [0.2, 0.25) is 0 Å². The van der Waals surface area contributed by atoms with Gasteiger partial charge in [-0.25, -0.2) is 0 Å². The van der Waals surface area contributed by atoms with E-state index < -0.39 is 0 Å². The Morgan fingerprint density at radius 1 is 1.12 bits per heavy atom. The number of benzene rings is 1. The van der Waals surface area contributed by atoms with Crippen molar-refractivity contribution >= 4 is 5.78 Å². The van der Waals surface area contributed by atoms with Crippen LogP contribution in [0.15, 0.2) is 24.3 Å². The molecule has 0 saturated carbocycles. The Hall–Kier alpha value is -1.19. The van der Waals surface area contributed by atoms with Crippen LogP contribution in [0.5, 0.6) is 0 Å². The van der Waals surface area contributed by atoms with E-state index in [0.717, 1.165) is 11.1 Å². The zero-order valence-corrected chi connectivity index (χ0v) is 10.7. The molecule has 1 aromatic carbocycles. The molecule has 0 aliphatic carbocycles. The second kappa shape index (κ2) is 7.20. The van der Waals surface area contributed by atoms with E-state index in [0.29, 0.717) is 19.6 Å². The molecule has 0 aliphatic rings. The number of carbonyl (C=O) groups excluding carboxylic acids is 1. The molecule has 0 bridgehead atoms. The topological polar surface area (TPSA) is 35.5 Å². The van der Waals surface area contributed by atoms with E-state index >= 15 is 0 Å². The fourth-order valence-corrected chi connectivity index (χ4v) is 1.62. The first kappa shape index (κ1) is 13.9. The molecule has 0 spiro atoms. The maximum Gasteiger partial charge on any atom is 0.183 e. The van der Waals surface area contributed by atoms with Crippen molar-refractivity contribution in [1.29, 1.82) is 0 Å². The van der Waals surface area contributed by atoms with Crippen LogP contribution in [0.2, 0.25) is 0 Å². The maximum absolute atomic E-state index is 11.0. The molecule has 0 aromatic heterocycles. The Morgan fingerprint density at radius 2 is 1.65 bits per heavy atom. The Bertz CT molecular complexity index is 337. The summed E-state index contributed by atoms with van der Waals surface area (Å²) in [7, 11) is 0. The summed E-state index contributed by atoms with van der Waals surface area (Å²) in [6.45, 7) is 6.70. The molecule has 1 rings (SSSR count). The zero-order chi connectivity index (χ0) is 12.7. The standard InChI is InChI=1S/C14H20O3/c1-4-16-14(17-5-2)13-8-6-12(7-9-13)10-11(3)15/h6-9,14H,4-5,10H2,1-3H3. The molecule has 0 unspecified atom stereocenters. The average Bonchev–Trinajstić information content (AvgIpc) is 2.29. The van der Waals surface area contributed by atoms with Gasteiger partial charge in [-0.15, -0.1) is 0 Å². The molecule has 0 N–H and O–H groups in total. The highest BCUT2D eigenvalue weighted by molar-refractivity contribution is 5.78. The Balaban J connectivity index is 2.72. The second-order valence-corrected chi connectivity index (χ2v) is 3.86. The monoisotopic (exact) mass is 236 g/mol. The lowest BCUT2D eigenvalue weighted by Gasteiger charge is -2.17. The third-order valence-corrected chi connectivity index (χ3v) is 2.34. The van der Waals surface area contributed by atoms with Crippen LogP contribution in [0.4, 0.5) is 0 Å². The Kier molecular flexibility index (Phi) is 5.87. The highest BCUT2D eigenvalue weighted by Crippen LogP contribution is 2.19. The summed E-state index contributed by atoms with van der Waals surface area (Å²) < 4.78 is 11.0. The van der Waals surface area contributed by atoms with Crippen molar-refractivity contribution in [2.24, 2.45) is 0 Å². The van der Waals surface area contributed by atoms with Crippen molar-refractivity contribution < 1.29 is 14.3 Å². The summed E-state index contributed by atoms with van der Waals surface area (Å²) in [6, 6.07) is 7.80. The molecule has 0 heterocycles. The van der Waals surface area contributed by atoms with Crippen molar-refractivity contribution in [2.75, 3.05) is 13.2 Å². The fraction of sp³-hybridized carbons (Fsp3) is 0.500. The average molecular weight is 236 g/mol. The van der Waals surface area contributed by atoms with Crippen molar-refractivity contribution in [1.82, 2.24) is 0 Å². The first-order chi connectivity index (χ1) is 8.17. The normalized spacial score (nSPS) is 10.8. The first-order valence-electron chi connectivity index (χ1n) is 5.98. The lowest BCUT2D eigenvalue weighted by atomic mass is 10.1. The summed E-state index contributed by atoms with van der Waals surface area (Å²) in [5.41, 5.74) is 2.01. The van der Waals surface area contributed by atoms with Gasteiger partial charge in [-0.05, 0) is 26.3 Å². The zero-order valence-electron chi connectivity index (χ0n) is 10.7. The van der Waals surface area contributed by atoms with Crippen LogP contribution in [0.1, 0.15) is 38.2 Å². The van der Waals surface area contributed by atoms with Crippen LogP contribution in [-0.4, -0.2) is 19.0 Å². The second-order valence-electron chi connectivity index (χ2n) is 3.86. The molecule has 17 heavy (non-hydrogen) atoms. The van der Waals surface area contributed by atoms with Crippen molar-refractivity contribution in [3.05, 3.63) is 35.4 Å². The van der Waals surface area contributed by atoms with Crippen molar-refractivity contribution in [3.63, 3.8) is 0 Å². The van der Waals surface area contributed by atoms with E-state index in [2.05, 4.69) is 0 Å². The van der Waals surface area contributed by atoms with Gasteiger partial charge in [0.05, 0.1) is 0 Å². The number of hydrogen-bond acceptors (Lipinski definition) is 3. The van der Waals surface area contributed by atoms with Gasteiger partial charge in [0.25, 0.3) is 0 Å². The highest BCUT2D eigenvalue weighted by Gasteiger charge is 2.10. The van der Waals surface area contributed by atoms with Crippen LogP contribution >= 0.6 is 0 Å². The first-order valence-corrected chi connectivity index (χ1v) is 5.98. The van der Waals surface area contributed by atoms with Crippen molar-refractivity contribution in [3.8, 4) is 0 Å². The van der Waals surface area contributed by atoms with E-state index in [4.69, 9.17) is 9.47 Å². The lowest BCUT2D eigenvalue weighted by molar-refractivity contribution is -0.140. The quantitative estimate of drug-likeness (QED) is 0.683. The number of carbonyl (C=O) groups is 1. The van der Waals surface area contributed by atoms with E-state index in [9.17, 15) is 4.79 Å². The van der Waals surface area contributed by atoms with Gasteiger partial charge in [-0.2, -0.15) is 0 Å². The van der Waals surface area contributed by atoms with Gasteiger partial charge in [-0.3, -0.25) is 4.79 Å². The molecule has 0 aliphatic heterocycles. The van der Waals surface area contributed by atoms with Crippen LogP contribution in [0, 0.1) is 0 Å². The number of Topliss-reactive ketones (excluding diaryl/α,β-unsaturated/α-hetero) is 1. The SMILES string of the molecule is CCOC(OCC)c1ccc(CC(C)=O)cc1. The highest BCUT2D eigenvalue weighted by atomic mass is 16.7. The summed E-state index contributed by atoms with van der Waals surface area (Å²) in [5.74, 6) is 0.170. The van der Waals surface area contributed by atoms with E-state index in [1.807, 2.05) is 38.1 Å². The van der Waals surface area contributed by atoms with Gasteiger partial charge in [0, 0.05) is 25.2 Å². The van der Waals surface area contributed by atoms with Crippen molar-refractivity contribution in [2.45, 2.75) is 33.5 Å². The lowest BCUT2D eigenvalue weighted by Crippen LogP contribution is -2.09. The van der Waals surface area contributed by atoms with Gasteiger partial charge in [0.1, 0.15) is 5.78 Å². The third-order valence-electron chi connectivity index (χ3n) is 2.34. The number of hydrogen-bond donors (Lipinski definition) is 0. The van der Waals surface area contributed by atoms with Gasteiger partial charge < -0.3 is 9.47 Å². The molecule has 3 heteroatoms. The summed E-state index contributed by atoms with van der Waals surface area (Å²) in [4.78, 5) is 11.0. The molecule has 94 valence electrons. The van der Waals surface area contributed by atoms with Gasteiger partial charge in [-0.1, -0.05) is 24.3 Å². The summed E-state index contributed by atoms with van der Waals surface area (Å²) in [6.07, 6.45) is 0.171. The molecule has 0 amide bonds. The van der Waals surface area contributed by atoms with Crippen LogP contribution in [0.25, 0.3) is 0 Å². The predicted octanol–water partition coefficient (Wildman–Crippen LogP) is 2.89. The summed E-state index contributed by atoms with van der Waals surface area (Å²) >= 11 is 0. The van der Waals surface area contributed by atoms with E-state index in [1.54, 1.807) is 6.92 Å². The molecule has 0 radical (unpaired) electrons. The largest absolute Gasteiger partial charge is 0.349 e. The number of ketones is 1. The fourth-order valence-electron chi connectivity index (χ4n) is 1.62. The number of ether oxygens (including phenoxy) is 2. The summed E-state index contributed by atoms with van der Waals surface area (Å²) in [5, 5.41) is 0. The molecule has 3 nitrogen and oxygen atoms in total. The molecular weight excluding hydrogens is 216 g/mol. The minimum Gasteiger partial charge on any atom is -0.349 e.